The van der Waals surface area contributed by atoms with Crippen LogP contribution in [0.4, 0.5) is 10.8 Å². The van der Waals surface area contributed by atoms with E-state index in [1.807, 2.05) is 25.1 Å². The van der Waals surface area contributed by atoms with E-state index in [0.717, 1.165) is 17.4 Å². The van der Waals surface area contributed by atoms with Crippen LogP contribution in [0.2, 0.25) is 5.02 Å². The second-order valence-electron chi connectivity index (χ2n) is 5.67. The van der Waals surface area contributed by atoms with Crippen molar-refractivity contribution in [2.75, 3.05) is 5.32 Å². The molecule has 0 aliphatic carbocycles. The molecule has 132 valence electrons. The molecule has 1 N–H and O–H groups in total. The smallest absolute Gasteiger partial charge is 0.288 e. The van der Waals surface area contributed by atoms with Crippen LogP contribution in [-0.4, -0.2) is 15.8 Å². The number of nitro benzene ring substituents is 1. The fourth-order valence-electron chi connectivity index (χ4n) is 2.43. The van der Waals surface area contributed by atoms with Crippen LogP contribution in [0.5, 0.6) is 0 Å². The van der Waals surface area contributed by atoms with Crippen LogP contribution in [0.1, 0.15) is 26.4 Å². The molecule has 0 radical (unpaired) electrons. The van der Waals surface area contributed by atoms with Crippen molar-refractivity contribution in [2.45, 2.75) is 13.3 Å². The molecule has 1 amide bonds. The number of nitrogens with one attached hydrogen (secondary N) is 1. The Hall–Kier alpha value is -2.77. The molecule has 0 saturated heterocycles. The zero-order valence-corrected chi connectivity index (χ0v) is 15.3. The Labute approximate surface area is 158 Å². The number of nitro groups is 1. The van der Waals surface area contributed by atoms with Crippen molar-refractivity contribution in [2.24, 2.45) is 0 Å². The summed E-state index contributed by atoms with van der Waals surface area (Å²) in [6, 6.07) is 12.1. The van der Waals surface area contributed by atoms with Crippen LogP contribution in [0.15, 0.2) is 48.7 Å². The molecule has 0 bridgehead atoms. The summed E-state index contributed by atoms with van der Waals surface area (Å²) in [6.07, 6.45) is 2.44. The molecule has 0 fully saturated rings. The first-order valence-corrected chi connectivity index (χ1v) is 8.87. The van der Waals surface area contributed by atoms with Gasteiger partial charge in [0, 0.05) is 29.1 Å². The van der Waals surface area contributed by atoms with Crippen LogP contribution in [0.25, 0.3) is 0 Å². The molecule has 2 aromatic carbocycles. The normalized spacial score (nSPS) is 10.5. The monoisotopic (exact) mass is 387 g/mol. The van der Waals surface area contributed by atoms with Gasteiger partial charge in [0.1, 0.15) is 5.02 Å². The fraction of sp³-hybridized carbons (Fsp3) is 0.111. The number of aryl methyl sites for hydroxylation is 1. The molecule has 1 aromatic heterocycles. The van der Waals surface area contributed by atoms with Crippen molar-refractivity contribution < 1.29 is 9.72 Å². The summed E-state index contributed by atoms with van der Waals surface area (Å²) in [4.78, 5) is 27.8. The Balaban J connectivity index is 1.72. The number of aromatic nitrogens is 1. The van der Waals surface area contributed by atoms with Gasteiger partial charge in [-0.3, -0.25) is 20.2 Å². The number of benzene rings is 2. The minimum absolute atomic E-state index is 0.0127. The molecule has 3 rings (SSSR count). The van der Waals surface area contributed by atoms with E-state index in [1.165, 1.54) is 34.6 Å². The molecule has 0 unspecified atom stereocenters. The first-order valence-electron chi connectivity index (χ1n) is 7.68. The molecule has 26 heavy (non-hydrogen) atoms. The molecule has 0 atom stereocenters. The van der Waals surface area contributed by atoms with Gasteiger partial charge in [-0.05, 0) is 24.6 Å². The minimum Gasteiger partial charge on any atom is -0.298 e. The number of thiazole rings is 1. The van der Waals surface area contributed by atoms with Gasteiger partial charge in [-0.2, -0.15) is 0 Å². The molecule has 8 heteroatoms. The van der Waals surface area contributed by atoms with Gasteiger partial charge >= 0.3 is 0 Å². The van der Waals surface area contributed by atoms with E-state index >= 15 is 0 Å². The van der Waals surface area contributed by atoms with Crippen LogP contribution in [0.3, 0.4) is 0 Å². The van der Waals surface area contributed by atoms with Gasteiger partial charge in [-0.1, -0.05) is 41.4 Å². The Morgan fingerprint density at radius 1 is 1.31 bits per heavy atom. The third kappa shape index (κ3) is 4.25. The highest BCUT2D eigenvalue weighted by Crippen LogP contribution is 2.26. The standard InChI is InChI=1S/C18H14ClN3O3S/c1-11-3-2-4-12(7-11)8-14-10-20-18(26-14)21-17(23)13-5-6-15(19)16(9-13)22(24)25/h2-7,9-10H,8H2,1H3,(H,20,21,23). The van der Waals surface area contributed by atoms with Crippen LogP contribution in [0, 0.1) is 17.0 Å². The van der Waals surface area contributed by atoms with Gasteiger partial charge in [-0.25, -0.2) is 4.98 Å². The Morgan fingerprint density at radius 2 is 2.12 bits per heavy atom. The second-order valence-corrected chi connectivity index (χ2v) is 7.20. The molecule has 3 aromatic rings. The SMILES string of the molecule is Cc1cccc(Cc2cnc(NC(=O)c3ccc(Cl)c([N+](=O)[O-])c3)s2)c1. The number of carbonyl (C=O) groups is 1. The predicted molar refractivity (Wildman–Crippen MR) is 102 cm³/mol. The van der Waals surface area contributed by atoms with E-state index in [1.54, 1.807) is 6.20 Å². The highest BCUT2D eigenvalue weighted by molar-refractivity contribution is 7.15. The quantitative estimate of drug-likeness (QED) is 0.500. The van der Waals surface area contributed by atoms with Gasteiger partial charge in [0.05, 0.1) is 4.92 Å². The van der Waals surface area contributed by atoms with Crippen molar-refractivity contribution in [3.05, 3.63) is 85.4 Å². The van der Waals surface area contributed by atoms with E-state index in [0.29, 0.717) is 5.13 Å². The lowest BCUT2D eigenvalue weighted by Crippen LogP contribution is -2.11. The molecular formula is C18H14ClN3O3S. The minimum atomic E-state index is -0.623. The van der Waals surface area contributed by atoms with E-state index in [-0.39, 0.29) is 16.3 Å². The maximum absolute atomic E-state index is 12.3. The summed E-state index contributed by atoms with van der Waals surface area (Å²) in [5.74, 6) is -0.471. The van der Waals surface area contributed by atoms with Gasteiger partial charge in [0.25, 0.3) is 11.6 Å². The number of anilines is 1. The number of halogens is 1. The van der Waals surface area contributed by atoms with Crippen molar-refractivity contribution in [1.29, 1.82) is 0 Å². The lowest BCUT2D eigenvalue weighted by Gasteiger charge is -2.03. The van der Waals surface area contributed by atoms with Crippen LogP contribution < -0.4 is 5.32 Å². The lowest BCUT2D eigenvalue weighted by atomic mass is 10.1. The molecule has 1 heterocycles. The predicted octanol–water partition coefficient (Wildman–Crippen LogP) is 4.86. The summed E-state index contributed by atoms with van der Waals surface area (Å²) in [5.41, 5.74) is 2.19. The van der Waals surface area contributed by atoms with Gasteiger partial charge in [0.15, 0.2) is 5.13 Å². The van der Waals surface area contributed by atoms with Crippen LogP contribution in [-0.2, 0) is 6.42 Å². The Morgan fingerprint density at radius 3 is 2.85 bits per heavy atom. The molecule has 0 aliphatic heterocycles. The lowest BCUT2D eigenvalue weighted by molar-refractivity contribution is -0.384. The highest BCUT2D eigenvalue weighted by atomic mass is 35.5. The summed E-state index contributed by atoms with van der Waals surface area (Å²) in [7, 11) is 0. The van der Waals surface area contributed by atoms with E-state index in [2.05, 4.69) is 16.4 Å². The number of hydrogen-bond acceptors (Lipinski definition) is 5. The summed E-state index contributed by atoms with van der Waals surface area (Å²) in [6.45, 7) is 2.03. The zero-order valence-electron chi connectivity index (χ0n) is 13.7. The third-order valence-electron chi connectivity index (χ3n) is 3.64. The van der Waals surface area contributed by atoms with Crippen molar-refractivity contribution in [1.82, 2.24) is 4.98 Å². The molecular weight excluding hydrogens is 374 g/mol. The first-order chi connectivity index (χ1) is 12.4. The fourth-order valence-corrected chi connectivity index (χ4v) is 3.46. The first kappa shape index (κ1) is 18.0. The number of rotatable bonds is 5. The van der Waals surface area contributed by atoms with Crippen molar-refractivity contribution >= 4 is 39.7 Å². The molecule has 0 aliphatic rings. The summed E-state index contributed by atoms with van der Waals surface area (Å²) in [5, 5.41) is 14.0. The topological polar surface area (TPSA) is 85.1 Å². The number of amides is 1. The van der Waals surface area contributed by atoms with Gasteiger partial charge in [0.2, 0.25) is 0 Å². The van der Waals surface area contributed by atoms with Gasteiger partial charge in [-0.15, -0.1) is 11.3 Å². The molecule has 0 spiro atoms. The van der Waals surface area contributed by atoms with Gasteiger partial charge < -0.3 is 0 Å². The maximum Gasteiger partial charge on any atom is 0.288 e. The average molecular weight is 388 g/mol. The van der Waals surface area contributed by atoms with E-state index in [9.17, 15) is 14.9 Å². The van der Waals surface area contributed by atoms with E-state index in [4.69, 9.17) is 11.6 Å². The van der Waals surface area contributed by atoms with E-state index < -0.39 is 10.8 Å². The highest BCUT2D eigenvalue weighted by Gasteiger charge is 2.17. The maximum atomic E-state index is 12.3. The molecule has 0 saturated carbocycles. The zero-order chi connectivity index (χ0) is 18.7. The van der Waals surface area contributed by atoms with Crippen molar-refractivity contribution in [3.63, 3.8) is 0 Å². The number of nitrogens with zero attached hydrogens (tertiary/aromatic N) is 2. The molecule has 6 nitrogen and oxygen atoms in total. The van der Waals surface area contributed by atoms with Crippen molar-refractivity contribution in [3.8, 4) is 0 Å². The van der Waals surface area contributed by atoms with Crippen LogP contribution >= 0.6 is 22.9 Å². The third-order valence-corrected chi connectivity index (χ3v) is 4.87. The Bertz CT molecular complexity index is 987. The average Bonchev–Trinajstić information content (AvgIpc) is 3.01. The number of hydrogen-bond donors (Lipinski definition) is 1. The second kappa shape index (κ2) is 7.63. The Kier molecular flexibility index (Phi) is 5.29. The largest absolute Gasteiger partial charge is 0.298 e. The summed E-state index contributed by atoms with van der Waals surface area (Å²) < 4.78 is 0. The summed E-state index contributed by atoms with van der Waals surface area (Å²) >= 11 is 7.13. The number of carbonyl (C=O) groups excluding carboxylic acids is 1.